The van der Waals surface area contributed by atoms with Crippen LogP contribution in [0.25, 0.3) is 0 Å². The van der Waals surface area contributed by atoms with Gasteiger partial charge in [0, 0.05) is 11.2 Å². The minimum atomic E-state index is 0.0214. The van der Waals surface area contributed by atoms with Crippen LogP contribution in [0.3, 0.4) is 0 Å². The van der Waals surface area contributed by atoms with Gasteiger partial charge in [-0.1, -0.05) is 22.9 Å². The standard InChI is InChI=1S/C7H13BrO2/c1-6(5-8)7-9-3-2-4-10-7/h6-7H,2-5H2,1H3. The van der Waals surface area contributed by atoms with Gasteiger partial charge in [-0.2, -0.15) is 0 Å². The number of ether oxygens (including phenoxy) is 2. The molecule has 0 radical (unpaired) electrons. The fourth-order valence-electron chi connectivity index (χ4n) is 0.907. The molecule has 1 rings (SSSR count). The van der Waals surface area contributed by atoms with Gasteiger partial charge in [-0.25, -0.2) is 0 Å². The van der Waals surface area contributed by atoms with Gasteiger partial charge in [-0.15, -0.1) is 0 Å². The Morgan fingerprint density at radius 1 is 1.50 bits per heavy atom. The van der Waals surface area contributed by atoms with Crippen LogP contribution in [0.15, 0.2) is 0 Å². The highest BCUT2D eigenvalue weighted by Crippen LogP contribution is 2.15. The second kappa shape index (κ2) is 4.31. The topological polar surface area (TPSA) is 18.5 Å². The summed E-state index contributed by atoms with van der Waals surface area (Å²) in [6.07, 6.45) is 1.05. The second-order valence-electron chi connectivity index (χ2n) is 2.60. The molecule has 1 fully saturated rings. The van der Waals surface area contributed by atoms with E-state index in [1.54, 1.807) is 0 Å². The molecule has 3 heteroatoms. The fourth-order valence-corrected chi connectivity index (χ4v) is 1.21. The van der Waals surface area contributed by atoms with Crippen molar-refractivity contribution in [1.29, 1.82) is 0 Å². The third-order valence-electron chi connectivity index (χ3n) is 1.56. The number of hydrogen-bond donors (Lipinski definition) is 0. The maximum atomic E-state index is 5.38. The molecule has 1 atom stereocenters. The highest BCUT2D eigenvalue weighted by Gasteiger charge is 2.19. The van der Waals surface area contributed by atoms with Crippen molar-refractivity contribution in [1.82, 2.24) is 0 Å². The summed E-state index contributed by atoms with van der Waals surface area (Å²) in [5.41, 5.74) is 0. The van der Waals surface area contributed by atoms with Crippen molar-refractivity contribution in [2.75, 3.05) is 18.5 Å². The average Bonchev–Trinajstić information content (AvgIpc) is 2.05. The zero-order chi connectivity index (χ0) is 7.40. The lowest BCUT2D eigenvalue weighted by Gasteiger charge is -2.26. The highest BCUT2D eigenvalue weighted by molar-refractivity contribution is 9.09. The molecule has 1 unspecified atom stereocenters. The minimum Gasteiger partial charge on any atom is -0.352 e. The third kappa shape index (κ3) is 2.22. The molecule has 10 heavy (non-hydrogen) atoms. The number of hydrogen-bond acceptors (Lipinski definition) is 2. The van der Waals surface area contributed by atoms with Crippen molar-refractivity contribution in [3.05, 3.63) is 0 Å². The van der Waals surface area contributed by atoms with Crippen LogP contribution >= 0.6 is 15.9 Å². The molecule has 0 aromatic rings. The molecule has 0 aliphatic carbocycles. The molecule has 0 bridgehead atoms. The number of alkyl halides is 1. The van der Waals surface area contributed by atoms with Crippen LogP contribution in [0.5, 0.6) is 0 Å². The van der Waals surface area contributed by atoms with Gasteiger partial charge in [0.05, 0.1) is 13.2 Å². The maximum absolute atomic E-state index is 5.38. The molecule has 0 aromatic carbocycles. The van der Waals surface area contributed by atoms with Crippen LogP contribution in [-0.4, -0.2) is 24.8 Å². The Balaban J connectivity index is 2.24. The largest absolute Gasteiger partial charge is 0.352 e. The first kappa shape index (κ1) is 8.50. The Morgan fingerprint density at radius 2 is 2.10 bits per heavy atom. The van der Waals surface area contributed by atoms with Gasteiger partial charge in [0.1, 0.15) is 0 Å². The van der Waals surface area contributed by atoms with E-state index in [-0.39, 0.29) is 6.29 Å². The lowest BCUT2D eigenvalue weighted by molar-refractivity contribution is -0.197. The molecule has 0 spiro atoms. The van der Waals surface area contributed by atoms with Crippen LogP contribution in [-0.2, 0) is 9.47 Å². The van der Waals surface area contributed by atoms with Crippen molar-refractivity contribution in [2.45, 2.75) is 19.6 Å². The first-order valence-electron chi connectivity index (χ1n) is 3.63. The summed E-state index contributed by atoms with van der Waals surface area (Å²) in [4.78, 5) is 0. The molecule has 1 saturated heterocycles. The summed E-state index contributed by atoms with van der Waals surface area (Å²) in [6.45, 7) is 3.81. The molecule has 2 nitrogen and oxygen atoms in total. The van der Waals surface area contributed by atoms with Crippen molar-refractivity contribution in [2.24, 2.45) is 5.92 Å². The van der Waals surface area contributed by atoms with Crippen molar-refractivity contribution < 1.29 is 9.47 Å². The monoisotopic (exact) mass is 208 g/mol. The first-order chi connectivity index (χ1) is 4.84. The zero-order valence-corrected chi connectivity index (χ0v) is 7.76. The van der Waals surface area contributed by atoms with E-state index in [9.17, 15) is 0 Å². The van der Waals surface area contributed by atoms with Crippen molar-refractivity contribution in [3.8, 4) is 0 Å². The summed E-state index contributed by atoms with van der Waals surface area (Å²) in [7, 11) is 0. The lowest BCUT2D eigenvalue weighted by Crippen LogP contribution is -2.31. The van der Waals surface area contributed by atoms with Crippen molar-refractivity contribution in [3.63, 3.8) is 0 Å². The molecule has 0 amide bonds. The average molecular weight is 209 g/mol. The smallest absolute Gasteiger partial charge is 0.160 e. The zero-order valence-electron chi connectivity index (χ0n) is 6.18. The second-order valence-corrected chi connectivity index (χ2v) is 3.24. The summed E-state index contributed by atoms with van der Waals surface area (Å²) >= 11 is 3.39. The molecule has 0 saturated carbocycles. The van der Waals surface area contributed by atoms with E-state index in [0.29, 0.717) is 5.92 Å². The highest BCUT2D eigenvalue weighted by atomic mass is 79.9. The predicted octanol–water partition coefficient (Wildman–Crippen LogP) is 1.78. The summed E-state index contributed by atoms with van der Waals surface area (Å²) < 4.78 is 10.8. The Bertz CT molecular complexity index is 91.6. The Morgan fingerprint density at radius 3 is 2.60 bits per heavy atom. The van der Waals surface area contributed by atoms with Gasteiger partial charge in [-0.3, -0.25) is 0 Å². The van der Waals surface area contributed by atoms with E-state index in [2.05, 4.69) is 22.9 Å². The molecule has 0 aromatic heterocycles. The van der Waals surface area contributed by atoms with E-state index in [1.807, 2.05) is 0 Å². The van der Waals surface area contributed by atoms with E-state index in [4.69, 9.17) is 9.47 Å². The molecule has 1 heterocycles. The van der Waals surface area contributed by atoms with Crippen molar-refractivity contribution >= 4 is 15.9 Å². The molecular formula is C7H13BrO2. The quantitative estimate of drug-likeness (QED) is 0.645. The van der Waals surface area contributed by atoms with E-state index >= 15 is 0 Å². The Kier molecular flexibility index (Phi) is 3.66. The fraction of sp³-hybridized carbons (Fsp3) is 1.00. The molecule has 0 N–H and O–H groups in total. The minimum absolute atomic E-state index is 0.0214. The molecule has 1 aliphatic rings. The summed E-state index contributed by atoms with van der Waals surface area (Å²) in [5, 5.41) is 0.942. The van der Waals surface area contributed by atoms with Crippen LogP contribution < -0.4 is 0 Å². The van der Waals surface area contributed by atoms with E-state index in [0.717, 1.165) is 25.0 Å². The Labute approximate surface area is 70.0 Å². The van der Waals surface area contributed by atoms with E-state index in [1.165, 1.54) is 0 Å². The van der Waals surface area contributed by atoms with Crippen LogP contribution in [0, 0.1) is 5.92 Å². The van der Waals surface area contributed by atoms with Gasteiger partial charge >= 0.3 is 0 Å². The van der Waals surface area contributed by atoms with Gasteiger partial charge < -0.3 is 9.47 Å². The summed E-state index contributed by atoms with van der Waals surface area (Å²) in [6, 6.07) is 0. The lowest BCUT2D eigenvalue weighted by atomic mass is 10.2. The number of halogens is 1. The van der Waals surface area contributed by atoms with E-state index < -0.39 is 0 Å². The Hall–Kier alpha value is 0.400. The number of rotatable bonds is 2. The van der Waals surface area contributed by atoms with Crippen LogP contribution in [0.1, 0.15) is 13.3 Å². The molecule has 1 aliphatic heterocycles. The van der Waals surface area contributed by atoms with Gasteiger partial charge in [0.15, 0.2) is 6.29 Å². The molecular weight excluding hydrogens is 196 g/mol. The first-order valence-corrected chi connectivity index (χ1v) is 4.76. The van der Waals surface area contributed by atoms with Gasteiger partial charge in [-0.05, 0) is 6.42 Å². The normalized spacial score (nSPS) is 24.6. The third-order valence-corrected chi connectivity index (χ3v) is 2.58. The molecule has 60 valence electrons. The van der Waals surface area contributed by atoms with Crippen LogP contribution in [0.4, 0.5) is 0 Å². The SMILES string of the molecule is CC(CBr)C1OCCCO1. The summed E-state index contributed by atoms with van der Waals surface area (Å²) in [5.74, 6) is 0.459. The van der Waals surface area contributed by atoms with Gasteiger partial charge in [0.25, 0.3) is 0 Å². The maximum Gasteiger partial charge on any atom is 0.160 e. The predicted molar refractivity (Wildman–Crippen MR) is 43.3 cm³/mol. The van der Waals surface area contributed by atoms with Crippen LogP contribution in [0.2, 0.25) is 0 Å². The van der Waals surface area contributed by atoms with Gasteiger partial charge in [0.2, 0.25) is 0 Å².